The van der Waals surface area contributed by atoms with Crippen LogP contribution in [0.5, 0.6) is 0 Å². The van der Waals surface area contributed by atoms with Gasteiger partial charge in [-0.15, -0.1) is 0 Å². The van der Waals surface area contributed by atoms with Crippen molar-refractivity contribution in [2.24, 2.45) is 5.73 Å². The highest BCUT2D eigenvalue weighted by Crippen LogP contribution is 2.27. The maximum Gasteiger partial charge on any atom is 0.156 e. The molecule has 2 rings (SSSR count). The van der Waals surface area contributed by atoms with E-state index >= 15 is 0 Å². The van der Waals surface area contributed by atoms with Crippen molar-refractivity contribution in [1.29, 1.82) is 0 Å². The molecule has 1 saturated heterocycles. The molecular weight excluding hydrogens is 200 g/mol. The fraction of sp³-hybridized carbons (Fsp3) is 1.00. The van der Waals surface area contributed by atoms with Gasteiger partial charge in [0.25, 0.3) is 0 Å². The summed E-state index contributed by atoms with van der Waals surface area (Å²) in [6, 6.07) is 0.638. The molecule has 1 saturated carbocycles. The molecule has 2 N–H and O–H groups in total. The first-order chi connectivity index (χ1) is 6.63. The number of rotatable bonds is 2. The largest absolute Gasteiger partial charge is 0.329 e. The number of nitrogens with zero attached hydrogens (tertiary/aromatic N) is 1. The molecule has 0 spiro atoms. The first-order valence-corrected chi connectivity index (χ1v) is 7.01. The van der Waals surface area contributed by atoms with Gasteiger partial charge in [0, 0.05) is 25.7 Å². The van der Waals surface area contributed by atoms with Crippen LogP contribution in [0.4, 0.5) is 0 Å². The van der Waals surface area contributed by atoms with E-state index in [1.54, 1.807) is 0 Å². The first-order valence-electron chi connectivity index (χ1n) is 5.29. The second kappa shape index (κ2) is 3.79. The summed E-state index contributed by atoms with van der Waals surface area (Å²) in [5.74, 6) is 0.297. The van der Waals surface area contributed by atoms with Gasteiger partial charge in [-0.05, 0) is 12.8 Å². The van der Waals surface area contributed by atoms with Crippen molar-refractivity contribution in [2.45, 2.75) is 30.6 Å². The van der Waals surface area contributed by atoms with Gasteiger partial charge in [-0.1, -0.05) is 6.42 Å². The molecule has 2 fully saturated rings. The molecular formula is C9H18N2O2S. The summed E-state index contributed by atoms with van der Waals surface area (Å²) in [5, 5.41) is -0.322. The smallest absolute Gasteiger partial charge is 0.156 e. The summed E-state index contributed by atoms with van der Waals surface area (Å²) < 4.78 is 23.2. The molecule has 14 heavy (non-hydrogen) atoms. The summed E-state index contributed by atoms with van der Waals surface area (Å²) in [6.45, 7) is 1.64. The van der Waals surface area contributed by atoms with E-state index in [2.05, 4.69) is 4.90 Å². The predicted octanol–water partition coefficient (Wildman–Crippen LogP) is -0.403. The highest BCUT2D eigenvalue weighted by atomic mass is 32.2. The maximum atomic E-state index is 11.6. The molecule has 82 valence electrons. The van der Waals surface area contributed by atoms with Gasteiger partial charge in [0.2, 0.25) is 0 Å². The zero-order valence-electron chi connectivity index (χ0n) is 8.35. The zero-order valence-corrected chi connectivity index (χ0v) is 9.17. The molecule has 0 radical (unpaired) electrons. The van der Waals surface area contributed by atoms with Gasteiger partial charge in [0.1, 0.15) is 0 Å². The molecule has 1 aliphatic carbocycles. The Morgan fingerprint density at radius 2 is 2.07 bits per heavy atom. The summed E-state index contributed by atoms with van der Waals surface area (Å²) in [6.07, 6.45) is 3.76. The predicted molar refractivity (Wildman–Crippen MR) is 55.8 cm³/mol. The van der Waals surface area contributed by atoms with Crippen molar-refractivity contribution in [2.75, 3.05) is 25.4 Å². The number of hydrogen-bond donors (Lipinski definition) is 1. The van der Waals surface area contributed by atoms with Gasteiger partial charge in [-0.2, -0.15) is 0 Å². The molecule has 0 bridgehead atoms. The minimum absolute atomic E-state index is 0.269. The molecule has 0 aromatic rings. The molecule has 4 nitrogen and oxygen atoms in total. The summed E-state index contributed by atoms with van der Waals surface area (Å²) in [4.78, 5) is 2.31. The summed E-state index contributed by atoms with van der Waals surface area (Å²) in [7, 11) is -2.89. The number of hydrogen-bond acceptors (Lipinski definition) is 4. The summed E-state index contributed by atoms with van der Waals surface area (Å²) >= 11 is 0. The van der Waals surface area contributed by atoms with Gasteiger partial charge in [0.15, 0.2) is 9.84 Å². The lowest BCUT2D eigenvalue weighted by Crippen LogP contribution is -2.54. The number of sulfone groups is 1. The Morgan fingerprint density at radius 3 is 2.57 bits per heavy atom. The SMILES string of the molecule is NCC1CN(C2CCC2)CCS1(=O)=O. The van der Waals surface area contributed by atoms with Gasteiger partial charge < -0.3 is 5.73 Å². The molecule has 1 atom stereocenters. The van der Waals surface area contributed by atoms with Crippen LogP contribution in [-0.4, -0.2) is 50.0 Å². The van der Waals surface area contributed by atoms with Crippen LogP contribution in [0.3, 0.4) is 0 Å². The fourth-order valence-corrected chi connectivity index (χ4v) is 3.72. The topological polar surface area (TPSA) is 63.4 Å². The van der Waals surface area contributed by atoms with Crippen LogP contribution >= 0.6 is 0 Å². The van der Waals surface area contributed by atoms with Crippen molar-refractivity contribution >= 4 is 9.84 Å². The second-order valence-electron chi connectivity index (χ2n) is 4.30. The molecule has 0 amide bonds. The van der Waals surface area contributed by atoms with E-state index in [4.69, 9.17) is 5.73 Å². The molecule has 5 heteroatoms. The molecule has 1 unspecified atom stereocenters. The van der Waals surface area contributed by atoms with Crippen LogP contribution in [0.25, 0.3) is 0 Å². The third-order valence-corrected chi connectivity index (χ3v) is 5.57. The van der Waals surface area contributed by atoms with Gasteiger partial charge in [0.05, 0.1) is 11.0 Å². The third kappa shape index (κ3) is 1.81. The van der Waals surface area contributed by atoms with E-state index in [0.717, 1.165) is 0 Å². The van der Waals surface area contributed by atoms with Crippen LogP contribution in [0.15, 0.2) is 0 Å². The Bertz CT molecular complexity index is 298. The highest BCUT2D eigenvalue weighted by Gasteiger charge is 2.36. The lowest BCUT2D eigenvalue weighted by atomic mass is 9.91. The third-order valence-electron chi connectivity index (χ3n) is 3.46. The number of nitrogens with two attached hydrogens (primary N) is 1. The molecule has 1 aliphatic heterocycles. The van der Waals surface area contributed by atoms with Gasteiger partial charge in [-0.25, -0.2) is 8.42 Å². The van der Waals surface area contributed by atoms with E-state index in [1.165, 1.54) is 19.3 Å². The lowest BCUT2D eigenvalue weighted by molar-refractivity contribution is 0.129. The highest BCUT2D eigenvalue weighted by molar-refractivity contribution is 7.92. The lowest BCUT2D eigenvalue weighted by Gasteiger charge is -2.41. The quantitative estimate of drug-likeness (QED) is 0.685. The molecule has 0 aromatic carbocycles. The fourth-order valence-electron chi connectivity index (χ4n) is 2.18. The first kappa shape index (κ1) is 10.4. The Labute approximate surface area is 85.4 Å². The van der Waals surface area contributed by atoms with Gasteiger partial charge in [-0.3, -0.25) is 4.90 Å². The molecule has 2 aliphatic rings. The van der Waals surface area contributed by atoms with E-state index < -0.39 is 9.84 Å². The van der Waals surface area contributed by atoms with E-state index in [0.29, 0.717) is 24.9 Å². The Kier molecular flexibility index (Phi) is 2.81. The van der Waals surface area contributed by atoms with Crippen LogP contribution in [0, 0.1) is 0 Å². The minimum atomic E-state index is -2.89. The van der Waals surface area contributed by atoms with E-state index in [9.17, 15) is 8.42 Å². The van der Waals surface area contributed by atoms with Crippen molar-refractivity contribution in [3.8, 4) is 0 Å². The van der Waals surface area contributed by atoms with Gasteiger partial charge >= 0.3 is 0 Å². The van der Waals surface area contributed by atoms with Crippen LogP contribution < -0.4 is 5.73 Å². The van der Waals surface area contributed by atoms with Crippen molar-refractivity contribution in [3.05, 3.63) is 0 Å². The van der Waals surface area contributed by atoms with Crippen molar-refractivity contribution < 1.29 is 8.42 Å². The minimum Gasteiger partial charge on any atom is -0.329 e. The van der Waals surface area contributed by atoms with E-state index in [1.807, 2.05) is 0 Å². The Balaban J connectivity index is 2.00. The average Bonchev–Trinajstić information content (AvgIpc) is 2.04. The summed E-state index contributed by atoms with van der Waals surface area (Å²) in [5.41, 5.74) is 5.49. The Hall–Kier alpha value is -0.130. The van der Waals surface area contributed by atoms with E-state index in [-0.39, 0.29) is 11.8 Å². The standard InChI is InChI=1S/C9H18N2O2S/c10-6-9-7-11(8-2-1-3-8)4-5-14(9,12)13/h8-9H,1-7,10H2. The second-order valence-corrected chi connectivity index (χ2v) is 6.70. The van der Waals surface area contributed by atoms with Crippen molar-refractivity contribution in [1.82, 2.24) is 4.90 Å². The molecule has 0 aromatic heterocycles. The zero-order chi connectivity index (χ0) is 10.2. The molecule has 1 heterocycles. The average molecular weight is 218 g/mol. The van der Waals surface area contributed by atoms with Crippen LogP contribution in [0.1, 0.15) is 19.3 Å². The maximum absolute atomic E-state index is 11.6. The van der Waals surface area contributed by atoms with Crippen molar-refractivity contribution in [3.63, 3.8) is 0 Å². The Morgan fingerprint density at radius 1 is 1.36 bits per heavy atom. The van der Waals surface area contributed by atoms with Crippen LogP contribution in [0.2, 0.25) is 0 Å². The van der Waals surface area contributed by atoms with Crippen LogP contribution in [-0.2, 0) is 9.84 Å². The monoisotopic (exact) mass is 218 g/mol. The normalized spacial score (nSPS) is 33.9.